The van der Waals surface area contributed by atoms with Crippen molar-refractivity contribution in [3.05, 3.63) is 66.0 Å². The van der Waals surface area contributed by atoms with Crippen LogP contribution in [0.25, 0.3) is 22.2 Å². The number of carbonyl (C=O) groups is 2. The molecule has 150 valence electrons. The van der Waals surface area contributed by atoms with E-state index in [-0.39, 0.29) is 29.7 Å². The number of para-hydroxylation sites is 1. The van der Waals surface area contributed by atoms with Gasteiger partial charge in [-0.05, 0) is 57.2 Å². The fourth-order valence-electron chi connectivity index (χ4n) is 3.07. The topological polar surface area (TPSA) is 62.3 Å². The summed E-state index contributed by atoms with van der Waals surface area (Å²) in [7, 11) is 1.59. The third-order valence-corrected chi connectivity index (χ3v) is 4.33. The van der Waals surface area contributed by atoms with Gasteiger partial charge in [-0.1, -0.05) is 18.2 Å². The normalized spacial score (nSPS) is 11.3. The van der Waals surface area contributed by atoms with Crippen molar-refractivity contribution in [2.45, 2.75) is 26.3 Å². The van der Waals surface area contributed by atoms with Crippen LogP contribution in [0.4, 0.5) is 4.39 Å². The first-order valence-corrected chi connectivity index (χ1v) is 9.36. The molecule has 29 heavy (non-hydrogen) atoms. The van der Waals surface area contributed by atoms with Gasteiger partial charge in [-0.15, -0.1) is 0 Å². The molecule has 0 spiro atoms. The number of fused-ring (bicyclic) bond motifs is 1. The van der Waals surface area contributed by atoms with E-state index >= 15 is 0 Å². The molecular formula is C23H24FN3O2. The minimum atomic E-state index is -0.375. The second-order valence-electron chi connectivity index (χ2n) is 8.04. The molecule has 1 heterocycles. The summed E-state index contributed by atoms with van der Waals surface area (Å²) in [6, 6.07) is 15.0. The van der Waals surface area contributed by atoms with Gasteiger partial charge in [0.15, 0.2) is 0 Å². The first kappa shape index (κ1) is 20.5. The molecule has 2 aromatic carbocycles. The SMILES string of the molecule is CN(CC(=O)NC(C)(C)C)C(=O)c1cc(-c2ccc(F)cc2)nc2ccccc12. The number of nitrogens with one attached hydrogen (secondary N) is 1. The molecule has 0 saturated carbocycles. The Labute approximate surface area is 169 Å². The fourth-order valence-corrected chi connectivity index (χ4v) is 3.07. The van der Waals surface area contributed by atoms with E-state index in [0.717, 1.165) is 0 Å². The number of benzene rings is 2. The molecule has 0 fully saturated rings. The van der Waals surface area contributed by atoms with E-state index in [9.17, 15) is 14.0 Å². The maximum Gasteiger partial charge on any atom is 0.254 e. The van der Waals surface area contributed by atoms with E-state index in [4.69, 9.17) is 0 Å². The number of likely N-dealkylation sites (N-methyl/N-ethyl adjacent to an activating group) is 1. The van der Waals surface area contributed by atoms with Crippen LogP contribution in [0.5, 0.6) is 0 Å². The predicted molar refractivity (Wildman–Crippen MR) is 112 cm³/mol. The molecule has 0 atom stereocenters. The van der Waals surface area contributed by atoms with Crippen LogP contribution in [0.3, 0.4) is 0 Å². The molecular weight excluding hydrogens is 369 g/mol. The summed E-state index contributed by atoms with van der Waals surface area (Å²) in [5.41, 5.74) is 2.00. The summed E-state index contributed by atoms with van der Waals surface area (Å²) in [5.74, 6) is -0.850. The van der Waals surface area contributed by atoms with Crippen molar-refractivity contribution in [1.29, 1.82) is 0 Å². The van der Waals surface area contributed by atoms with Crippen LogP contribution in [0.1, 0.15) is 31.1 Å². The Morgan fingerprint density at radius 1 is 1.07 bits per heavy atom. The fraction of sp³-hybridized carbons (Fsp3) is 0.261. The summed E-state index contributed by atoms with van der Waals surface area (Å²) in [4.78, 5) is 31.4. The number of carbonyl (C=O) groups excluding carboxylic acids is 2. The van der Waals surface area contributed by atoms with E-state index < -0.39 is 0 Å². The number of rotatable bonds is 4. The second-order valence-corrected chi connectivity index (χ2v) is 8.04. The van der Waals surface area contributed by atoms with Gasteiger partial charge in [-0.2, -0.15) is 0 Å². The average molecular weight is 393 g/mol. The Balaban J connectivity index is 1.97. The van der Waals surface area contributed by atoms with Crippen molar-refractivity contribution in [2.24, 2.45) is 0 Å². The van der Waals surface area contributed by atoms with E-state index in [1.54, 1.807) is 25.2 Å². The molecule has 0 radical (unpaired) electrons. The van der Waals surface area contributed by atoms with Gasteiger partial charge in [-0.3, -0.25) is 9.59 Å². The zero-order chi connectivity index (χ0) is 21.2. The number of halogens is 1. The number of hydrogen-bond acceptors (Lipinski definition) is 3. The highest BCUT2D eigenvalue weighted by Crippen LogP contribution is 2.26. The van der Waals surface area contributed by atoms with E-state index in [0.29, 0.717) is 27.7 Å². The minimum Gasteiger partial charge on any atom is -0.350 e. The summed E-state index contributed by atoms with van der Waals surface area (Å²) in [5, 5.41) is 3.56. The quantitative estimate of drug-likeness (QED) is 0.728. The Hall–Kier alpha value is -3.28. The Morgan fingerprint density at radius 3 is 2.38 bits per heavy atom. The van der Waals surface area contributed by atoms with E-state index in [1.165, 1.54) is 17.0 Å². The van der Waals surface area contributed by atoms with Crippen molar-refractivity contribution < 1.29 is 14.0 Å². The molecule has 0 saturated heterocycles. The van der Waals surface area contributed by atoms with Crippen LogP contribution in [-0.4, -0.2) is 40.8 Å². The standard InChI is InChI=1S/C23H24FN3O2/c1-23(2,3)26-21(28)14-27(4)22(29)18-13-20(15-9-11-16(24)12-10-15)25-19-8-6-5-7-17(18)19/h5-13H,14H2,1-4H3,(H,26,28). The highest BCUT2D eigenvalue weighted by atomic mass is 19.1. The summed E-state index contributed by atoms with van der Waals surface area (Å²) < 4.78 is 13.3. The lowest BCUT2D eigenvalue weighted by Crippen LogP contribution is -2.46. The molecule has 2 amide bonds. The van der Waals surface area contributed by atoms with Crippen LogP contribution < -0.4 is 5.32 Å². The predicted octanol–water partition coefficient (Wildman–Crippen LogP) is 4.03. The molecule has 3 rings (SSSR count). The van der Waals surface area contributed by atoms with Gasteiger partial charge < -0.3 is 10.2 Å². The number of aromatic nitrogens is 1. The van der Waals surface area contributed by atoms with Crippen molar-refractivity contribution in [3.63, 3.8) is 0 Å². The second kappa shape index (κ2) is 7.99. The van der Waals surface area contributed by atoms with Crippen molar-refractivity contribution in [1.82, 2.24) is 15.2 Å². The summed E-state index contributed by atoms with van der Waals surface area (Å²) in [6.45, 7) is 5.60. The molecule has 1 aromatic heterocycles. The van der Waals surface area contributed by atoms with Crippen molar-refractivity contribution in [2.75, 3.05) is 13.6 Å². The summed E-state index contributed by atoms with van der Waals surface area (Å²) in [6.07, 6.45) is 0. The van der Waals surface area contributed by atoms with Gasteiger partial charge in [0, 0.05) is 23.5 Å². The smallest absolute Gasteiger partial charge is 0.254 e. The van der Waals surface area contributed by atoms with Gasteiger partial charge in [0.2, 0.25) is 5.91 Å². The van der Waals surface area contributed by atoms with E-state index in [2.05, 4.69) is 10.3 Å². The van der Waals surface area contributed by atoms with Gasteiger partial charge in [0.05, 0.1) is 23.3 Å². The molecule has 0 aliphatic heterocycles. The summed E-state index contributed by atoms with van der Waals surface area (Å²) >= 11 is 0. The molecule has 0 aliphatic rings. The number of hydrogen-bond donors (Lipinski definition) is 1. The van der Waals surface area contributed by atoms with Crippen molar-refractivity contribution >= 4 is 22.7 Å². The van der Waals surface area contributed by atoms with Gasteiger partial charge in [0.1, 0.15) is 5.82 Å². The molecule has 0 aliphatic carbocycles. The largest absolute Gasteiger partial charge is 0.350 e. The molecule has 0 unspecified atom stereocenters. The number of pyridine rings is 1. The monoisotopic (exact) mass is 393 g/mol. The van der Waals surface area contributed by atoms with E-state index in [1.807, 2.05) is 45.0 Å². The molecule has 0 bridgehead atoms. The number of amides is 2. The highest BCUT2D eigenvalue weighted by Gasteiger charge is 2.21. The van der Waals surface area contributed by atoms with Crippen LogP contribution in [0, 0.1) is 5.82 Å². The molecule has 3 aromatic rings. The van der Waals surface area contributed by atoms with Crippen molar-refractivity contribution in [3.8, 4) is 11.3 Å². The maximum absolute atomic E-state index is 13.3. The lowest BCUT2D eigenvalue weighted by atomic mass is 10.0. The molecule has 5 nitrogen and oxygen atoms in total. The van der Waals surface area contributed by atoms with Crippen LogP contribution in [-0.2, 0) is 4.79 Å². The third-order valence-electron chi connectivity index (χ3n) is 4.33. The Bertz CT molecular complexity index is 1060. The lowest BCUT2D eigenvalue weighted by molar-refractivity contribution is -0.122. The van der Waals surface area contributed by atoms with Gasteiger partial charge >= 0.3 is 0 Å². The van der Waals surface area contributed by atoms with Gasteiger partial charge in [-0.25, -0.2) is 9.37 Å². The maximum atomic E-state index is 13.3. The van der Waals surface area contributed by atoms with Crippen LogP contribution in [0.2, 0.25) is 0 Å². The number of nitrogens with zero attached hydrogens (tertiary/aromatic N) is 2. The highest BCUT2D eigenvalue weighted by molar-refractivity contribution is 6.07. The Kier molecular flexibility index (Phi) is 5.64. The molecule has 1 N–H and O–H groups in total. The van der Waals surface area contributed by atoms with Gasteiger partial charge in [0.25, 0.3) is 5.91 Å². The zero-order valence-corrected chi connectivity index (χ0v) is 17.0. The average Bonchev–Trinajstić information content (AvgIpc) is 2.65. The minimum absolute atomic E-state index is 0.0569. The molecule has 6 heteroatoms. The Morgan fingerprint density at radius 2 is 1.72 bits per heavy atom. The van der Waals surface area contributed by atoms with Crippen LogP contribution >= 0.6 is 0 Å². The third kappa shape index (κ3) is 4.96. The first-order valence-electron chi connectivity index (χ1n) is 9.36. The zero-order valence-electron chi connectivity index (χ0n) is 17.0. The van der Waals surface area contributed by atoms with Crippen LogP contribution in [0.15, 0.2) is 54.6 Å². The lowest BCUT2D eigenvalue weighted by Gasteiger charge is -2.24. The first-order chi connectivity index (χ1) is 13.6.